The number of rotatable bonds is 16. The van der Waals surface area contributed by atoms with E-state index in [4.69, 9.17) is 9.47 Å². The van der Waals surface area contributed by atoms with Gasteiger partial charge in [-0.05, 0) is 32.6 Å². The number of ketones is 2. The molecule has 0 aliphatic heterocycles. The van der Waals surface area contributed by atoms with Crippen LogP contribution in [0.2, 0.25) is 0 Å². The van der Waals surface area contributed by atoms with Crippen LogP contribution < -0.4 is 0 Å². The summed E-state index contributed by atoms with van der Waals surface area (Å²) in [6.07, 6.45) is 9.35. The van der Waals surface area contributed by atoms with Gasteiger partial charge in [0.1, 0.15) is 17.7 Å². The molecule has 6 nitrogen and oxygen atoms in total. The zero-order valence-electron chi connectivity index (χ0n) is 19.1. The van der Waals surface area contributed by atoms with Gasteiger partial charge in [0, 0.05) is 44.4 Å². The lowest BCUT2D eigenvalue weighted by Crippen LogP contribution is -2.25. The molecule has 0 spiro atoms. The van der Waals surface area contributed by atoms with E-state index in [1.165, 1.54) is 6.92 Å². The van der Waals surface area contributed by atoms with Crippen molar-refractivity contribution in [3.8, 4) is 0 Å². The molecule has 172 valence electrons. The van der Waals surface area contributed by atoms with Crippen molar-refractivity contribution in [1.82, 2.24) is 0 Å². The molecule has 0 unspecified atom stereocenters. The number of esters is 2. The monoisotopic (exact) mass is 424 g/mol. The van der Waals surface area contributed by atoms with Crippen molar-refractivity contribution in [1.29, 1.82) is 0 Å². The highest BCUT2D eigenvalue weighted by Gasteiger charge is 2.43. The van der Waals surface area contributed by atoms with E-state index in [1.807, 2.05) is 0 Å². The third kappa shape index (κ3) is 10.4. The number of Topliss-reactive ketones (excluding diaryl/α,β-unsaturated/α-hetero) is 2. The molecule has 0 aromatic carbocycles. The van der Waals surface area contributed by atoms with E-state index in [-0.39, 0.29) is 41.8 Å². The summed E-state index contributed by atoms with van der Waals surface area (Å²) >= 11 is 0. The topological polar surface area (TPSA) is 86.7 Å². The van der Waals surface area contributed by atoms with Crippen molar-refractivity contribution in [3.63, 3.8) is 0 Å². The van der Waals surface area contributed by atoms with E-state index >= 15 is 0 Å². The largest absolute Gasteiger partial charge is 0.466 e. The van der Waals surface area contributed by atoms with Crippen molar-refractivity contribution in [2.24, 2.45) is 11.8 Å². The molecule has 0 heterocycles. The van der Waals surface area contributed by atoms with Gasteiger partial charge in [-0.15, -0.1) is 0 Å². The first-order chi connectivity index (χ1) is 14.4. The molecule has 1 fully saturated rings. The van der Waals surface area contributed by atoms with Gasteiger partial charge in [-0.25, -0.2) is 0 Å². The summed E-state index contributed by atoms with van der Waals surface area (Å²) in [7, 11) is 0. The summed E-state index contributed by atoms with van der Waals surface area (Å²) in [5.41, 5.74) is 0. The SMILES string of the molecule is CCCCCC(=O)CC[C@@H]1[C@H](CCCCCCC(=O)OCC)C(=O)C[C@H]1OC(C)=O. The lowest BCUT2D eigenvalue weighted by atomic mass is 9.85. The Bertz CT molecular complexity index is 556. The van der Waals surface area contributed by atoms with Crippen LogP contribution in [0, 0.1) is 11.8 Å². The second kappa shape index (κ2) is 15.1. The van der Waals surface area contributed by atoms with Gasteiger partial charge in [0.05, 0.1) is 6.61 Å². The minimum atomic E-state index is -0.396. The van der Waals surface area contributed by atoms with Crippen LogP contribution in [0.5, 0.6) is 0 Å². The van der Waals surface area contributed by atoms with Gasteiger partial charge in [0.15, 0.2) is 0 Å². The fourth-order valence-electron chi connectivity index (χ4n) is 4.35. The average molecular weight is 425 g/mol. The fourth-order valence-corrected chi connectivity index (χ4v) is 4.35. The quantitative estimate of drug-likeness (QED) is 0.257. The van der Waals surface area contributed by atoms with Gasteiger partial charge < -0.3 is 9.47 Å². The maximum Gasteiger partial charge on any atom is 0.305 e. The standard InChI is InChI=1S/C24H40O6/c1-4-6-9-12-19(26)15-16-21-20(22(27)17-23(21)30-18(3)25)13-10-7-8-11-14-24(28)29-5-2/h20-21,23H,4-17H2,1-3H3/t20-,21+,23+/m0/s1. The first-order valence-corrected chi connectivity index (χ1v) is 11.8. The highest BCUT2D eigenvalue weighted by atomic mass is 16.5. The summed E-state index contributed by atoms with van der Waals surface area (Å²) < 4.78 is 10.4. The molecule has 30 heavy (non-hydrogen) atoms. The van der Waals surface area contributed by atoms with E-state index in [0.29, 0.717) is 32.3 Å². The molecular formula is C24H40O6. The van der Waals surface area contributed by atoms with E-state index in [9.17, 15) is 19.2 Å². The number of ether oxygens (including phenoxy) is 2. The summed E-state index contributed by atoms with van der Waals surface area (Å²) in [6, 6.07) is 0. The Hall–Kier alpha value is -1.72. The van der Waals surface area contributed by atoms with Crippen molar-refractivity contribution < 1.29 is 28.7 Å². The average Bonchev–Trinajstić information content (AvgIpc) is 2.96. The Morgan fingerprint density at radius 2 is 1.60 bits per heavy atom. The summed E-state index contributed by atoms with van der Waals surface area (Å²) in [5, 5.41) is 0. The molecule has 0 aromatic rings. The van der Waals surface area contributed by atoms with Crippen LogP contribution in [0.3, 0.4) is 0 Å². The molecule has 0 radical (unpaired) electrons. The van der Waals surface area contributed by atoms with Crippen LogP contribution in [0.4, 0.5) is 0 Å². The van der Waals surface area contributed by atoms with E-state index < -0.39 is 6.10 Å². The van der Waals surface area contributed by atoms with E-state index in [1.54, 1.807) is 6.92 Å². The van der Waals surface area contributed by atoms with Crippen LogP contribution >= 0.6 is 0 Å². The third-order valence-electron chi connectivity index (χ3n) is 5.89. The normalized spacial score (nSPS) is 20.9. The zero-order chi connectivity index (χ0) is 22.4. The first kappa shape index (κ1) is 26.3. The number of unbranched alkanes of at least 4 members (excludes halogenated alkanes) is 5. The van der Waals surface area contributed by atoms with Gasteiger partial charge in [-0.2, -0.15) is 0 Å². The molecule has 6 heteroatoms. The molecular weight excluding hydrogens is 384 g/mol. The molecule has 0 bridgehead atoms. The van der Waals surface area contributed by atoms with Crippen LogP contribution in [-0.2, 0) is 28.7 Å². The minimum absolute atomic E-state index is 0.0592. The van der Waals surface area contributed by atoms with Crippen LogP contribution in [0.25, 0.3) is 0 Å². The number of carbonyl (C=O) groups is 4. The van der Waals surface area contributed by atoms with Gasteiger partial charge in [-0.3, -0.25) is 19.2 Å². The third-order valence-corrected chi connectivity index (χ3v) is 5.89. The lowest BCUT2D eigenvalue weighted by molar-refractivity contribution is -0.148. The zero-order valence-corrected chi connectivity index (χ0v) is 19.1. The molecule has 0 N–H and O–H groups in total. The summed E-state index contributed by atoms with van der Waals surface area (Å²) in [5.74, 6) is -0.333. The highest BCUT2D eigenvalue weighted by molar-refractivity contribution is 5.85. The van der Waals surface area contributed by atoms with Crippen LogP contribution in [0.1, 0.15) is 104 Å². The van der Waals surface area contributed by atoms with Gasteiger partial charge in [0.25, 0.3) is 0 Å². The van der Waals surface area contributed by atoms with Gasteiger partial charge in [0.2, 0.25) is 0 Å². The highest BCUT2D eigenvalue weighted by Crippen LogP contribution is 2.38. The maximum atomic E-state index is 12.6. The number of hydrogen-bond acceptors (Lipinski definition) is 6. The van der Waals surface area contributed by atoms with E-state index in [2.05, 4.69) is 6.92 Å². The van der Waals surface area contributed by atoms with Crippen LogP contribution in [-0.4, -0.2) is 36.2 Å². The van der Waals surface area contributed by atoms with E-state index in [0.717, 1.165) is 51.4 Å². The Morgan fingerprint density at radius 3 is 2.27 bits per heavy atom. The molecule has 0 amide bonds. The number of carbonyl (C=O) groups excluding carboxylic acids is 4. The Morgan fingerprint density at radius 1 is 0.900 bits per heavy atom. The van der Waals surface area contributed by atoms with Crippen molar-refractivity contribution in [2.75, 3.05) is 6.61 Å². The number of hydrogen-bond donors (Lipinski definition) is 0. The molecule has 3 atom stereocenters. The Labute approximate surface area is 181 Å². The van der Waals surface area contributed by atoms with Gasteiger partial charge in [-0.1, -0.05) is 39.0 Å². The first-order valence-electron chi connectivity index (χ1n) is 11.8. The Kier molecular flexibility index (Phi) is 13.3. The summed E-state index contributed by atoms with van der Waals surface area (Å²) in [6.45, 7) is 5.69. The smallest absolute Gasteiger partial charge is 0.305 e. The van der Waals surface area contributed by atoms with Crippen molar-refractivity contribution in [2.45, 2.75) is 110 Å². The molecule has 0 saturated heterocycles. The lowest BCUT2D eigenvalue weighted by Gasteiger charge is -2.23. The molecule has 1 aliphatic carbocycles. The Balaban J connectivity index is 2.48. The minimum Gasteiger partial charge on any atom is -0.466 e. The van der Waals surface area contributed by atoms with Gasteiger partial charge >= 0.3 is 11.9 Å². The summed E-state index contributed by atoms with van der Waals surface area (Å²) in [4.78, 5) is 47.6. The fraction of sp³-hybridized carbons (Fsp3) is 0.833. The molecule has 1 rings (SSSR count). The molecule has 0 aromatic heterocycles. The predicted octanol–water partition coefficient (Wildman–Crippen LogP) is 4.96. The second-order valence-corrected chi connectivity index (χ2v) is 8.38. The van der Waals surface area contributed by atoms with Crippen molar-refractivity contribution >= 4 is 23.5 Å². The molecule has 1 aliphatic rings. The second-order valence-electron chi connectivity index (χ2n) is 8.38. The predicted molar refractivity (Wildman–Crippen MR) is 115 cm³/mol. The van der Waals surface area contributed by atoms with Crippen LogP contribution in [0.15, 0.2) is 0 Å². The maximum absolute atomic E-state index is 12.6. The molecule has 1 saturated carbocycles. The van der Waals surface area contributed by atoms with Crippen molar-refractivity contribution in [3.05, 3.63) is 0 Å².